The molecule has 1 aliphatic rings. The number of carboxylic acid groups (broad SMARTS) is 1. The van der Waals surface area contributed by atoms with Crippen LogP contribution in [0.5, 0.6) is 0 Å². The van der Waals surface area contributed by atoms with Crippen LogP contribution < -0.4 is 4.90 Å². The number of hydrogen-bond donors (Lipinski definition) is 1. The third-order valence-electron chi connectivity index (χ3n) is 3.10. The zero-order valence-corrected chi connectivity index (χ0v) is 10.5. The number of nitro groups is 1. The Kier molecular flexibility index (Phi) is 3.50. The van der Waals surface area contributed by atoms with E-state index in [1.54, 1.807) is 0 Å². The summed E-state index contributed by atoms with van der Waals surface area (Å²) in [6.07, 6.45) is 2.90. The maximum Gasteiger partial charge on any atom is 0.337 e. The Hall–Kier alpha value is -2.37. The van der Waals surface area contributed by atoms with Crippen molar-refractivity contribution in [2.24, 2.45) is 0 Å². The fourth-order valence-corrected chi connectivity index (χ4v) is 2.19. The number of benzene rings is 1. The van der Waals surface area contributed by atoms with Gasteiger partial charge < -0.3 is 10.0 Å². The summed E-state index contributed by atoms with van der Waals surface area (Å²) in [4.78, 5) is 23.4. The fraction of sp³-hybridized carbons (Fsp3) is 0.308. The Morgan fingerprint density at radius 3 is 2.79 bits per heavy atom. The van der Waals surface area contributed by atoms with Crippen LogP contribution in [0.4, 0.5) is 11.4 Å². The van der Waals surface area contributed by atoms with Gasteiger partial charge in [-0.15, -0.1) is 0 Å². The summed E-state index contributed by atoms with van der Waals surface area (Å²) < 4.78 is 0. The van der Waals surface area contributed by atoms with E-state index in [1.165, 1.54) is 18.2 Å². The summed E-state index contributed by atoms with van der Waals surface area (Å²) in [6, 6.07) is 3.85. The molecule has 0 amide bonds. The van der Waals surface area contributed by atoms with E-state index in [9.17, 15) is 20.0 Å². The summed E-state index contributed by atoms with van der Waals surface area (Å²) in [6.45, 7) is 3.23. The summed E-state index contributed by atoms with van der Waals surface area (Å²) in [7, 11) is 0. The molecule has 0 saturated heterocycles. The highest BCUT2D eigenvalue weighted by Gasteiger charge is 2.21. The van der Waals surface area contributed by atoms with Gasteiger partial charge in [-0.25, -0.2) is 4.79 Å². The second kappa shape index (κ2) is 5.09. The molecule has 0 atom stereocenters. The minimum absolute atomic E-state index is 0.0905. The van der Waals surface area contributed by atoms with Gasteiger partial charge in [0.05, 0.1) is 16.2 Å². The lowest BCUT2D eigenvalue weighted by molar-refractivity contribution is -0.384. The number of carbonyl (C=O) groups is 1. The number of hydrogen-bond acceptors (Lipinski definition) is 4. The second-order valence-corrected chi connectivity index (χ2v) is 4.52. The molecule has 1 aromatic carbocycles. The molecule has 0 bridgehead atoms. The first-order valence-corrected chi connectivity index (χ1v) is 5.91. The van der Waals surface area contributed by atoms with Crippen LogP contribution in [0.15, 0.2) is 29.8 Å². The van der Waals surface area contributed by atoms with Gasteiger partial charge in [0.1, 0.15) is 0 Å². The molecule has 0 unspecified atom stereocenters. The minimum atomic E-state index is -1.07. The maximum absolute atomic E-state index is 11.2. The van der Waals surface area contributed by atoms with Crippen molar-refractivity contribution in [2.75, 3.05) is 18.0 Å². The quantitative estimate of drug-likeness (QED) is 0.514. The summed E-state index contributed by atoms with van der Waals surface area (Å²) in [5.41, 5.74) is 1.55. The molecule has 0 aromatic heterocycles. The van der Waals surface area contributed by atoms with Crippen LogP contribution in [0.1, 0.15) is 23.7 Å². The van der Waals surface area contributed by atoms with Crippen LogP contribution >= 0.6 is 0 Å². The Labute approximate surface area is 110 Å². The number of rotatable bonds is 3. The highest BCUT2D eigenvalue weighted by atomic mass is 16.6. The van der Waals surface area contributed by atoms with Gasteiger partial charge in [-0.2, -0.15) is 0 Å². The number of nitro benzene ring substituents is 1. The highest BCUT2D eigenvalue weighted by molar-refractivity contribution is 5.95. The van der Waals surface area contributed by atoms with E-state index in [2.05, 4.69) is 6.08 Å². The average molecular weight is 262 g/mol. The lowest BCUT2D eigenvalue weighted by Gasteiger charge is -2.29. The van der Waals surface area contributed by atoms with Crippen LogP contribution in [0.3, 0.4) is 0 Å². The lowest BCUT2D eigenvalue weighted by Crippen LogP contribution is -2.30. The van der Waals surface area contributed by atoms with Gasteiger partial charge in [0.15, 0.2) is 0 Å². The molecular weight excluding hydrogens is 248 g/mol. The third-order valence-corrected chi connectivity index (χ3v) is 3.10. The van der Waals surface area contributed by atoms with E-state index >= 15 is 0 Å². The van der Waals surface area contributed by atoms with E-state index < -0.39 is 10.9 Å². The smallest absolute Gasteiger partial charge is 0.337 e. The number of non-ortho nitro benzene ring substituents is 1. The molecular formula is C13H14N2O4. The van der Waals surface area contributed by atoms with E-state index in [0.717, 1.165) is 12.0 Å². The van der Waals surface area contributed by atoms with Crippen molar-refractivity contribution >= 4 is 17.3 Å². The van der Waals surface area contributed by atoms with Gasteiger partial charge in [-0.05, 0) is 19.4 Å². The summed E-state index contributed by atoms with van der Waals surface area (Å²) in [5.74, 6) is -1.07. The van der Waals surface area contributed by atoms with Crippen LogP contribution in [0.25, 0.3) is 0 Å². The van der Waals surface area contributed by atoms with Gasteiger partial charge >= 0.3 is 5.97 Å². The molecule has 0 saturated carbocycles. The second-order valence-electron chi connectivity index (χ2n) is 4.52. The maximum atomic E-state index is 11.2. The largest absolute Gasteiger partial charge is 0.478 e. The van der Waals surface area contributed by atoms with Crippen molar-refractivity contribution < 1.29 is 14.8 Å². The van der Waals surface area contributed by atoms with Gasteiger partial charge in [-0.1, -0.05) is 11.6 Å². The van der Waals surface area contributed by atoms with Gasteiger partial charge in [0.25, 0.3) is 5.69 Å². The topological polar surface area (TPSA) is 83.7 Å². The van der Waals surface area contributed by atoms with Crippen molar-refractivity contribution in [2.45, 2.75) is 13.3 Å². The molecule has 0 spiro atoms. The molecule has 0 aliphatic carbocycles. The molecule has 1 aromatic rings. The third kappa shape index (κ3) is 2.73. The SMILES string of the molecule is CC1=CCCN(c2cc([N+](=O)[O-])ccc2C(=O)O)C1. The molecule has 1 heterocycles. The molecule has 6 nitrogen and oxygen atoms in total. The Morgan fingerprint density at radius 2 is 2.21 bits per heavy atom. The molecule has 19 heavy (non-hydrogen) atoms. The minimum Gasteiger partial charge on any atom is -0.478 e. The number of aromatic carboxylic acids is 1. The predicted molar refractivity (Wildman–Crippen MR) is 70.6 cm³/mol. The van der Waals surface area contributed by atoms with Crippen molar-refractivity contribution in [1.29, 1.82) is 0 Å². The monoisotopic (exact) mass is 262 g/mol. The Morgan fingerprint density at radius 1 is 1.47 bits per heavy atom. The molecule has 1 N–H and O–H groups in total. The zero-order chi connectivity index (χ0) is 14.0. The van der Waals surface area contributed by atoms with Crippen molar-refractivity contribution in [1.82, 2.24) is 0 Å². The van der Waals surface area contributed by atoms with Gasteiger partial charge in [0.2, 0.25) is 0 Å². The van der Waals surface area contributed by atoms with Crippen LogP contribution in [-0.4, -0.2) is 29.1 Å². The first-order valence-electron chi connectivity index (χ1n) is 5.91. The van der Waals surface area contributed by atoms with Crippen LogP contribution in [0, 0.1) is 10.1 Å². The first-order chi connectivity index (χ1) is 8.99. The van der Waals surface area contributed by atoms with Gasteiger partial charge in [0, 0.05) is 25.2 Å². The van der Waals surface area contributed by atoms with Gasteiger partial charge in [-0.3, -0.25) is 10.1 Å². The van der Waals surface area contributed by atoms with E-state index in [0.29, 0.717) is 18.8 Å². The predicted octanol–water partition coefficient (Wildman–Crippen LogP) is 2.45. The van der Waals surface area contributed by atoms with Crippen LogP contribution in [0.2, 0.25) is 0 Å². The molecule has 6 heteroatoms. The number of carboxylic acids is 1. The fourth-order valence-electron chi connectivity index (χ4n) is 2.19. The van der Waals surface area contributed by atoms with E-state index in [1.807, 2.05) is 11.8 Å². The molecule has 100 valence electrons. The Bertz CT molecular complexity index is 566. The van der Waals surface area contributed by atoms with Crippen LogP contribution in [-0.2, 0) is 0 Å². The van der Waals surface area contributed by atoms with Crippen molar-refractivity contribution in [3.8, 4) is 0 Å². The van der Waals surface area contributed by atoms with E-state index in [-0.39, 0.29) is 11.3 Å². The molecule has 2 rings (SSSR count). The molecule has 1 aliphatic heterocycles. The molecule has 0 radical (unpaired) electrons. The average Bonchev–Trinajstić information content (AvgIpc) is 2.37. The standard InChI is InChI=1S/C13H14N2O4/c1-9-3-2-6-14(8-9)12-7-10(15(18)19)4-5-11(12)13(16)17/h3-5,7H,2,6,8H2,1H3,(H,16,17). The van der Waals surface area contributed by atoms with Crippen molar-refractivity contribution in [3.63, 3.8) is 0 Å². The normalized spacial score (nSPS) is 15.0. The highest BCUT2D eigenvalue weighted by Crippen LogP contribution is 2.28. The summed E-state index contributed by atoms with van der Waals surface area (Å²) >= 11 is 0. The number of nitrogens with zero attached hydrogens (tertiary/aromatic N) is 2. The van der Waals surface area contributed by atoms with Crippen molar-refractivity contribution in [3.05, 3.63) is 45.5 Å². The molecule has 0 fully saturated rings. The number of anilines is 1. The Balaban J connectivity index is 2.46. The van der Waals surface area contributed by atoms with E-state index in [4.69, 9.17) is 0 Å². The zero-order valence-electron chi connectivity index (χ0n) is 10.5. The first kappa shape index (κ1) is 13.1. The lowest BCUT2D eigenvalue weighted by atomic mass is 10.1. The summed E-state index contributed by atoms with van der Waals surface area (Å²) in [5, 5.41) is 20.0.